The summed E-state index contributed by atoms with van der Waals surface area (Å²) in [5.41, 5.74) is 0. The van der Waals surface area contributed by atoms with Crippen LogP contribution in [0.3, 0.4) is 0 Å². The number of hydrogen-bond donors (Lipinski definition) is 0. The van der Waals surface area contributed by atoms with Crippen molar-refractivity contribution >= 4 is 23.8 Å². The van der Waals surface area contributed by atoms with Crippen molar-refractivity contribution in [3.05, 3.63) is 117 Å². The molecule has 0 nitrogen and oxygen atoms in total. The van der Waals surface area contributed by atoms with E-state index < -0.39 is 7.92 Å². The molecule has 0 aliphatic rings. The molecule has 0 aliphatic carbocycles. The molecule has 3 aromatic carbocycles. The fraction of sp³-hybridized carbons (Fsp3) is 0. The van der Waals surface area contributed by atoms with E-state index in [4.69, 9.17) is 0 Å². The van der Waals surface area contributed by atoms with Crippen LogP contribution >= 0.6 is 7.92 Å². The summed E-state index contributed by atoms with van der Waals surface area (Å²) in [6, 6.07) is 32.3. The van der Waals surface area contributed by atoms with E-state index in [0.29, 0.717) is 0 Å². The molecule has 126 valence electrons. The van der Waals surface area contributed by atoms with Crippen LogP contribution < -0.4 is 15.9 Å². The minimum absolute atomic E-state index is 0. The third-order valence-corrected chi connectivity index (χ3v) is 5.49. The summed E-state index contributed by atoms with van der Waals surface area (Å²) in [6.07, 6.45) is 0. The maximum absolute atomic E-state index is 3.00. The first-order chi connectivity index (χ1) is 11.4. The molecule has 0 aromatic heterocycles. The molecule has 0 bridgehead atoms. The smallest absolute Gasteiger partial charge is 0 e. The molecule has 0 aliphatic heterocycles. The summed E-state index contributed by atoms with van der Waals surface area (Å²) in [5, 5.41) is 4.19. The van der Waals surface area contributed by atoms with Crippen molar-refractivity contribution in [3.8, 4) is 0 Å². The molecule has 0 heterocycles. The van der Waals surface area contributed by atoms with Gasteiger partial charge in [-0.05, 0) is 23.8 Å². The van der Waals surface area contributed by atoms with Gasteiger partial charge >= 0.3 is 0 Å². The van der Waals surface area contributed by atoms with E-state index in [1.54, 1.807) is 0 Å². The minimum atomic E-state index is -0.446. The molecule has 0 saturated heterocycles. The van der Waals surface area contributed by atoms with Gasteiger partial charge in [0.05, 0.1) is 0 Å². The molecule has 0 spiro atoms. The van der Waals surface area contributed by atoms with Crippen molar-refractivity contribution in [2.24, 2.45) is 0 Å². The van der Waals surface area contributed by atoms with E-state index >= 15 is 0 Å². The maximum atomic E-state index is 3.00. The van der Waals surface area contributed by atoms with Crippen molar-refractivity contribution in [2.75, 3.05) is 0 Å². The summed E-state index contributed by atoms with van der Waals surface area (Å²) >= 11 is 0. The molecule has 24 heavy (non-hydrogen) atoms. The average Bonchev–Trinajstić information content (AvgIpc) is 2.68. The fourth-order valence-electron chi connectivity index (χ4n) is 2.18. The summed E-state index contributed by atoms with van der Waals surface area (Å²) in [7, 11) is -0.446. The van der Waals surface area contributed by atoms with Gasteiger partial charge in [0.1, 0.15) is 0 Å². The van der Waals surface area contributed by atoms with E-state index in [1.807, 2.05) is 0 Å². The SMILES string of the molecule is C=C.C=C.[Pt].c1ccc(P(c2ccccc2)c2ccccc2)cc1. The van der Waals surface area contributed by atoms with Crippen LogP contribution in [-0.4, -0.2) is 0 Å². The Morgan fingerprint density at radius 1 is 0.417 bits per heavy atom. The van der Waals surface area contributed by atoms with Crippen molar-refractivity contribution < 1.29 is 21.1 Å². The monoisotopic (exact) mass is 513 g/mol. The summed E-state index contributed by atoms with van der Waals surface area (Å²) in [6.45, 7) is 12.0. The Hall–Kier alpha value is -1.74. The second kappa shape index (κ2) is 13.7. The van der Waals surface area contributed by atoms with E-state index in [9.17, 15) is 0 Å². The van der Waals surface area contributed by atoms with E-state index in [1.165, 1.54) is 15.9 Å². The van der Waals surface area contributed by atoms with Crippen LogP contribution in [0, 0.1) is 0 Å². The average molecular weight is 513 g/mol. The Labute approximate surface area is 162 Å². The number of hydrogen-bond acceptors (Lipinski definition) is 0. The second-order valence-corrected chi connectivity index (χ2v) is 6.56. The van der Waals surface area contributed by atoms with Crippen LogP contribution in [-0.2, 0) is 21.1 Å². The molecule has 0 radical (unpaired) electrons. The van der Waals surface area contributed by atoms with Crippen molar-refractivity contribution in [3.63, 3.8) is 0 Å². The minimum Gasteiger partial charge on any atom is -0.106 e. The standard InChI is InChI=1S/C18H15P.2C2H4.Pt/c1-4-10-16(11-5-1)19(17-12-6-2-7-13-17)18-14-8-3-9-15-18;2*1-2;/h1-15H;2*1-2H2;. The molecule has 0 saturated carbocycles. The maximum Gasteiger partial charge on any atom is 0 e. The normalized spacial score (nSPS) is 8.71. The molecule has 3 rings (SSSR count). The zero-order valence-electron chi connectivity index (χ0n) is 13.8. The Morgan fingerprint density at radius 3 is 0.833 bits per heavy atom. The van der Waals surface area contributed by atoms with Crippen LogP contribution in [0.25, 0.3) is 0 Å². The number of benzene rings is 3. The quantitative estimate of drug-likeness (QED) is 0.340. The van der Waals surface area contributed by atoms with Gasteiger partial charge in [-0.25, -0.2) is 0 Å². The Morgan fingerprint density at radius 2 is 0.625 bits per heavy atom. The summed E-state index contributed by atoms with van der Waals surface area (Å²) in [4.78, 5) is 0. The summed E-state index contributed by atoms with van der Waals surface area (Å²) in [5.74, 6) is 0. The molecular formula is C22H23PPt. The fourth-order valence-corrected chi connectivity index (χ4v) is 4.48. The van der Waals surface area contributed by atoms with Crippen LogP contribution in [0.15, 0.2) is 117 Å². The third-order valence-electron chi connectivity index (χ3n) is 3.04. The van der Waals surface area contributed by atoms with Crippen molar-refractivity contribution in [1.29, 1.82) is 0 Å². The largest absolute Gasteiger partial charge is 0.106 e. The third kappa shape index (κ3) is 6.40. The van der Waals surface area contributed by atoms with Gasteiger partial charge in [-0.2, -0.15) is 0 Å². The van der Waals surface area contributed by atoms with E-state index in [2.05, 4.69) is 117 Å². The van der Waals surface area contributed by atoms with Crippen LogP contribution in [0.4, 0.5) is 0 Å². The van der Waals surface area contributed by atoms with Gasteiger partial charge in [0.25, 0.3) is 0 Å². The van der Waals surface area contributed by atoms with Crippen LogP contribution in [0.2, 0.25) is 0 Å². The Bertz CT molecular complexity index is 557. The number of rotatable bonds is 3. The zero-order chi connectivity index (χ0) is 16.9. The van der Waals surface area contributed by atoms with E-state index in [0.717, 1.165) is 0 Å². The topological polar surface area (TPSA) is 0 Å². The molecule has 0 N–H and O–H groups in total. The van der Waals surface area contributed by atoms with Gasteiger partial charge in [-0.1, -0.05) is 91.0 Å². The van der Waals surface area contributed by atoms with Crippen molar-refractivity contribution in [2.45, 2.75) is 0 Å². The van der Waals surface area contributed by atoms with Gasteiger partial charge in [0.2, 0.25) is 0 Å². The first kappa shape index (κ1) is 22.3. The predicted octanol–water partition coefficient (Wildman–Crippen LogP) is 5.05. The van der Waals surface area contributed by atoms with Gasteiger partial charge in [0, 0.05) is 21.1 Å². The first-order valence-electron chi connectivity index (χ1n) is 7.40. The molecular weight excluding hydrogens is 490 g/mol. The van der Waals surface area contributed by atoms with Crippen LogP contribution in [0.5, 0.6) is 0 Å². The van der Waals surface area contributed by atoms with Crippen LogP contribution in [0.1, 0.15) is 0 Å². The van der Waals surface area contributed by atoms with Gasteiger partial charge < -0.3 is 0 Å². The molecule has 0 atom stereocenters. The van der Waals surface area contributed by atoms with E-state index in [-0.39, 0.29) is 21.1 Å². The van der Waals surface area contributed by atoms with Gasteiger partial charge in [0.15, 0.2) is 0 Å². The molecule has 0 amide bonds. The molecule has 0 fully saturated rings. The second-order valence-electron chi connectivity index (χ2n) is 4.34. The zero-order valence-corrected chi connectivity index (χ0v) is 16.9. The molecule has 2 heteroatoms. The predicted molar refractivity (Wildman–Crippen MR) is 108 cm³/mol. The van der Waals surface area contributed by atoms with Gasteiger partial charge in [-0.3, -0.25) is 0 Å². The molecule has 0 unspecified atom stereocenters. The Balaban J connectivity index is 0.000000987. The summed E-state index contributed by atoms with van der Waals surface area (Å²) < 4.78 is 0. The van der Waals surface area contributed by atoms with Gasteiger partial charge in [-0.15, -0.1) is 26.3 Å². The van der Waals surface area contributed by atoms with Crippen molar-refractivity contribution in [1.82, 2.24) is 0 Å². The molecule has 3 aromatic rings. The Kier molecular flexibility index (Phi) is 12.7. The first-order valence-corrected chi connectivity index (χ1v) is 8.74.